The summed E-state index contributed by atoms with van der Waals surface area (Å²) in [5, 5.41) is 3.65. The number of piperidine rings is 1. The number of rotatable bonds is 4. The third kappa shape index (κ3) is 4.24. The van der Waals surface area contributed by atoms with Crippen LogP contribution < -0.4 is 5.32 Å². The van der Waals surface area contributed by atoms with Gasteiger partial charge in [-0.25, -0.2) is 0 Å². The highest BCUT2D eigenvalue weighted by Crippen LogP contribution is 2.28. The Labute approximate surface area is 140 Å². The summed E-state index contributed by atoms with van der Waals surface area (Å²) in [5.74, 6) is 1.08. The van der Waals surface area contributed by atoms with E-state index in [1.165, 1.54) is 19.4 Å². The summed E-state index contributed by atoms with van der Waals surface area (Å²) in [5.41, 5.74) is 0.765. The lowest BCUT2D eigenvalue weighted by molar-refractivity contribution is 0.0695. The van der Waals surface area contributed by atoms with Crippen LogP contribution in [-0.4, -0.2) is 41.1 Å². The van der Waals surface area contributed by atoms with Crippen molar-refractivity contribution in [3.05, 3.63) is 22.4 Å². The molecule has 2 fully saturated rings. The number of aromatic nitrogens is 1. The Balaban J connectivity index is 0.00000161. The molecule has 2 aliphatic rings. The van der Waals surface area contributed by atoms with Crippen LogP contribution in [0.3, 0.4) is 0 Å². The van der Waals surface area contributed by atoms with Gasteiger partial charge in [-0.15, -0.1) is 12.4 Å². The Morgan fingerprint density at radius 2 is 2.00 bits per heavy atom. The van der Waals surface area contributed by atoms with Gasteiger partial charge in [-0.05, 0) is 60.1 Å². The highest BCUT2D eigenvalue weighted by atomic mass is 79.9. The Bertz CT molecular complexity index is 493. The maximum Gasteiger partial charge on any atom is 0.270 e. The van der Waals surface area contributed by atoms with E-state index in [4.69, 9.17) is 0 Å². The number of carbonyl (C=O) groups is 1. The van der Waals surface area contributed by atoms with E-state index in [0.717, 1.165) is 42.0 Å². The largest absolute Gasteiger partial charge is 0.345 e. The third-order valence-electron chi connectivity index (χ3n) is 4.36. The predicted molar refractivity (Wildman–Crippen MR) is 90.0 cm³/mol. The van der Waals surface area contributed by atoms with Gasteiger partial charge in [-0.1, -0.05) is 0 Å². The third-order valence-corrected chi connectivity index (χ3v) is 4.80. The van der Waals surface area contributed by atoms with Gasteiger partial charge in [0.15, 0.2) is 0 Å². The molecule has 0 bridgehead atoms. The van der Waals surface area contributed by atoms with Gasteiger partial charge < -0.3 is 14.8 Å². The predicted octanol–water partition coefficient (Wildman–Crippen LogP) is 2.81. The number of nitrogens with zero attached hydrogens (tertiary/aromatic N) is 2. The molecule has 3 rings (SSSR count). The van der Waals surface area contributed by atoms with Crippen LogP contribution in [0, 0.1) is 5.92 Å². The van der Waals surface area contributed by atoms with Crippen molar-refractivity contribution in [2.75, 3.05) is 19.6 Å². The smallest absolute Gasteiger partial charge is 0.270 e. The highest BCUT2D eigenvalue weighted by molar-refractivity contribution is 9.10. The van der Waals surface area contributed by atoms with Crippen molar-refractivity contribution in [2.45, 2.75) is 31.7 Å². The Kier molecular flexibility index (Phi) is 5.74. The maximum absolute atomic E-state index is 12.5. The van der Waals surface area contributed by atoms with Crippen molar-refractivity contribution >= 4 is 34.2 Å². The molecule has 2 heterocycles. The first kappa shape index (κ1) is 16.8. The van der Waals surface area contributed by atoms with E-state index >= 15 is 0 Å². The summed E-state index contributed by atoms with van der Waals surface area (Å²) in [6, 6.07) is 2.50. The van der Waals surface area contributed by atoms with Gasteiger partial charge in [0.1, 0.15) is 5.69 Å². The number of halogens is 2. The lowest BCUT2D eigenvalue weighted by Gasteiger charge is -2.32. The number of nitrogens with one attached hydrogen (secondary N) is 1. The monoisotopic (exact) mass is 375 g/mol. The van der Waals surface area contributed by atoms with Gasteiger partial charge >= 0.3 is 0 Å². The molecule has 1 N–H and O–H groups in total. The summed E-state index contributed by atoms with van der Waals surface area (Å²) in [6.07, 6.45) is 6.87. The van der Waals surface area contributed by atoms with Crippen LogP contribution in [0.2, 0.25) is 0 Å². The van der Waals surface area contributed by atoms with Gasteiger partial charge in [0, 0.05) is 36.8 Å². The van der Waals surface area contributed by atoms with Crippen LogP contribution in [0.15, 0.2) is 16.7 Å². The molecule has 1 aromatic heterocycles. The minimum Gasteiger partial charge on any atom is -0.345 e. The molecule has 1 aliphatic heterocycles. The number of amides is 1. The van der Waals surface area contributed by atoms with Gasteiger partial charge in [0.05, 0.1) is 0 Å². The zero-order valence-electron chi connectivity index (χ0n) is 12.3. The summed E-state index contributed by atoms with van der Waals surface area (Å²) in [7, 11) is 1.92. The van der Waals surface area contributed by atoms with Crippen molar-refractivity contribution in [2.24, 2.45) is 13.0 Å². The van der Waals surface area contributed by atoms with Crippen LogP contribution in [-0.2, 0) is 7.05 Å². The minimum atomic E-state index is 0. The Hall–Kier alpha value is -0.520. The summed E-state index contributed by atoms with van der Waals surface area (Å²) >= 11 is 3.42. The molecular formula is C15H23BrClN3O. The topological polar surface area (TPSA) is 37.3 Å². The molecule has 0 aromatic carbocycles. The molecule has 0 unspecified atom stereocenters. The number of hydrogen-bond acceptors (Lipinski definition) is 2. The van der Waals surface area contributed by atoms with Crippen LogP contribution in [0.5, 0.6) is 0 Å². The number of likely N-dealkylation sites (tertiary alicyclic amines) is 1. The standard InChI is InChI=1S/C15H22BrN3O.ClH/c1-18-10-12(16)8-14(18)15(20)19-6-4-13(5-7-19)17-9-11-2-3-11;/h8,10-11,13,17H,2-7,9H2,1H3;1H. The van der Waals surface area contributed by atoms with Crippen molar-refractivity contribution in [3.63, 3.8) is 0 Å². The molecule has 4 nitrogen and oxygen atoms in total. The van der Waals surface area contributed by atoms with Gasteiger partial charge in [0.25, 0.3) is 5.91 Å². The molecule has 1 amide bonds. The lowest BCUT2D eigenvalue weighted by Crippen LogP contribution is -2.45. The molecule has 1 aromatic rings. The van der Waals surface area contributed by atoms with Crippen LogP contribution in [0.25, 0.3) is 0 Å². The average Bonchev–Trinajstić information content (AvgIpc) is 3.21. The molecule has 1 saturated heterocycles. The first-order valence-electron chi connectivity index (χ1n) is 7.48. The molecule has 118 valence electrons. The number of carbonyl (C=O) groups excluding carboxylic acids is 1. The van der Waals surface area contributed by atoms with Gasteiger partial charge in [0.2, 0.25) is 0 Å². The molecule has 0 spiro atoms. The summed E-state index contributed by atoms with van der Waals surface area (Å²) in [4.78, 5) is 14.5. The summed E-state index contributed by atoms with van der Waals surface area (Å²) < 4.78 is 2.86. The molecule has 21 heavy (non-hydrogen) atoms. The molecule has 1 saturated carbocycles. The fourth-order valence-corrected chi connectivity index (χ4v) is 3.36. The Morgan fingerprint density at radius 1 is 1.33 bits per heavy atom. The van der Waals surface area contributed by atoms with E-state index in [1.54, 1.807) is 0 Å². The van der Waals surface area contributed by atoms with E-state index in [-0.39, 0.29) is 18.3 Å². The normalized spacial score (nSPS) is 19.4. The van der Waals surface area contributed by atoms with E-state index in [1.807, 2.05) is 28.8 Å². The first-order chi connectivity index (χ1) is 9.63. The van der Waals surface area contributed by atoms with E-state index in [2.05, 4.69) is 21.2 Å². The molecule has 1 aliphatic carbocycles. The fraction of sp³-hybridized carbons (Fsp3) is 0.667. The minimum absolute atomic E-state index is 0. The molecule has 0 radical (unpaired) electrons. The number of aryl methyl sites for hydroxylation is 1. The second-order valence-corrected chi connectivity index (χ2v) is 6.99. The summed E-state index contributed by atoms with van der Waals surface area (Å²) in [6.45, 7) is 2.90. The van der Waals surface area contributed by atoms with E-state index in [9.17, 15) is 4.79 Å². The van der Waals surface area contributed by atoms with Crippen molar-refractivity contribution < 1.29 is 4.79 Å². The van der Waals surface area contributed by atoms with Gasteiger partial charge in [-0.2, -0.15) is 0 Å². The fourth-order valence-electron chi connectivity index (χ4n) is 2.84. The van der Waals surface area contributed by atoms with Crippen molar-refractivity contribution in [1.29, 1.82) is 0 Å². The lowest BCUT2D eigenvalue weighted by atomic mass is 10.0. The van der Waals surface area contributed by atoms with Crippen molar-refractivity contribution in [1.82, 2.24) is 14.8 Å². The van der Waals surface area contributed by atoms with Crippen LogP contribution in [0.4, 0.5) is 0 Å². The first-order valence-corrected chi connectivity index (χ1v) is 8.27. The van der Waals surface area contributed by atoms with Gasteiger partial charge in [-0.3, -0.25) is 4.79 Å². The molecule has 0 atom stereocenters. The van der Waals surface area contributed by atoms with Crippen LogP contribution >= 0.6 is 28.3 Å². The maximum atomic E-state index is 12.5. The SMILES string of the molecule is Cl.Cn1cc(Br)cc1C(=O)N1CCC(NCC2CC2)CC1. The van der Waals surface area contributed by atoms with E-state index in [0.29, 0.717) is 6.04 Å². The molecular weight excluding hydrogens is 354 g/mol. The zero-order valence-corrected chi connectivity index (χ0v) is 14.8. The van der Waals surface area contributed by atoms with Crippen molar-refractivity contribution in [3.8, 4) is 0 Å². The molecule has 6 heteroatoms. The number of hydrogen-bond donors (Lipinski definition) is 1. The second kappa shape index (κ2) is 7.16. The Morgan fingerprint density at radius 3 is 2.52 bits per heavy atom. The van der Waals surface area contributed by atoms with E-state index < -0.39 is 0 Å². The average molecular weight is 377 g/mol. The van der Waals surface area contributed by atoms with Crippen LogP contribution in [0.1, 0.15) is 36.2 Å². The quantitative estimate of drug-likeness (QED) is 0.877. The highest BCUT2D eigenvalue weighted by Gasteiger charge is 2.27. The zero-order chi connectivity index (χ0) is 14.1. The second-order valence-electron chi connectivity index (χ2n) is 6.07.